The molecule has 6 atom stereocenters. The summed E-state index contributed by atoms with van der Waals surface area (Å²) in [7, 11) is 2.80. The number of benzene rings is 3. The molecule has 3 aromatic rings. The Labute approximate surface area is 275 Å². The number of aromatic hydroxyl groups is 4. The van der Waals surface area contributed by atoms with Crippen molar-refractivity contribution in [2.75, 3.05) is 20.8 Å². The minimum Gasteiger partial charge on any atom is -0.507 e. The average Bonchev–Trinajstić information content (AvgIpc) is 3.08. The molecule has 0 spiro atoms. The maximum atomic E-state index is 12.6. The number of aliphatic hydroxyl groups is 4. The van der Waals surface area contributed by atoms with E-state index in [1.807, 2.05) is 6.07 Å². The van der Waals surface area contributed by atoms with Crippen molar-refractivity contribution in [2.45, 2.75) is 75.3 Å². The van der Waals surface area contributed by atoms with Crippen molar-refractivity contribution in [3.63, 3.8) is 0 Å². The number of methoxy groups -OCH3 is 2. The first-order valence-electron chi connectivity index (χ1n) is 15.5. The molecule has 1 fully saturated rings. The number of esters is 1. The largest absolute Gasteiger partial charge is 0.507 e. The number of ether oxygens (including phenoxy) is 5. The molecule has 48 heavy (non-hydrogen) atoms. The van der Waals surface area contributed by atoms with Gasteiger partial charge in [0.2, 0.25) is 12.0 Å². The number of carbonyl (C=O) groups excluding carboxylic acids is 1. The summed E-state index contributed by atoms with van der Waals surface area (Å²) in [6.07, 6.45) is -5.37. The Bertz CT molecular complexity index is 1600. The summed E-state index contributed by atoms with van der Waals surface area (Å²) in [5, 5.41) is 82.7. The van der Waals surface area contributed by atoms with Gasteiger partial charge in [-0.15, -0.1) is 0 Å². The van der Waals surface area contributed by atoms with E-state index in [0.29, 0.717) is 55.2 Å². The lowest BCUT2D eigenvalue weighted by Crippen LogP contribution is -2.60. The van der Waals surface area contributed by atoms with E-state index in [2.05, 4.69) is 0 Å². The highest BCUT2D eigenvalue weighted by Crippen LogP contribution is 2.50. The smallest absolute Gasteiger partial charge is 0.338 e. The van der Waals surface area contributed by atoms with E-state index in [1.165, 1.54) is 14.2 Å². The van der Waals surface area contributed by atoms with Crippen LogP contribution in [0, 0.1) is 0 Å². The molecule has 1 saturated heterocycles. The van der Waals surface area contributed by atoms with E-state index < -0.39 is 66.6 Å². The van der Waals surface area contributed by atoms with Gasteiger partial charge < -0.3 is 64.5 Å². The zero-order chi connectivity index (χ0) is 34.7. The normalized spacial score (nSPS) is 24.4. The predicted molar refractivity (Wildman–Crippen MR) is 168 cm³/mol. The van der Waals surface area contributed by atoms with Crippen LogP contribution < -0.4 is 14.2 Å². The van der Waals surface area contributed by atoms with Crippen molar-refractivity contribution < 1.29 is 69.3 Å². The first kappa shape index (κ1) is 34.9. The fourth-order valence-electron chi connectivity index (χ4n) is 5.94. The van der Waals surface area contributed by atoms with Crippen LogP contribution in [0.4, 0.5) is 0 Å². The van der Waals surface area contributed by atoms with Crippen LogP contribution in [0.2, 0.25) is 0 Å². The molecular formula is C34H40O14. The standard InChI is InChI=1S/C34H40O14/c1-44-31-21-12-17(5-3-4-6-19(35)9-7-16-8-10-22(36)20(21)11-16)30(32(31)45-2)48-34-29(42)28(41)27(40)25(47-34)15-46-33(43)18-13-23(37)26(39)24(38)14-18/h8,10-14,19,25,27-29,34-42H,3-7,9,15H2,1-2H3/t19-,25+,27+,28-,29+,34-/m1/s1. The highest BCUT2D eigenvalue weighted by atomic mass is 16.7. The Hall–Kier alpha value is -4.47. The topological polar surface area (TPSA) is 225 Å². The SMILES string of the molecule is COc1c2cc(c(O[C@H]3O[C@@H](COC(=O)c4cc(O)c(O)c(O)c4)[C@H](O)[C@@H](O)[C@@H]3O)c1OC)CCCC[C@@H](O)CCc1ccc(O)c-2c1. The number of fused-ring (bicyclic) bond motifs is 5. The molecule has 4 bridgehead atoms. The van der Waals surface area contributed by atoms with Crippen LogP contribution in [0.5, 0.6) is 40.2 Å². The Morgan fingerprint density at radius 1 is 0.771 bits per heavy atom. The van der Waals surface area contributed by atoms with E-state index in [0.717, 1.165) is 17.7 Å². The third-order valence-corrected chi connectivity index (χ3v) is 8.61. The third-order valence-electron chi connectivity index (χ3n) is 8.61. The maximum Gasteiger partial charge on any atom is 0.338 e. The van der Waals surface area contributed by atoms with E-state index in [-0.39, 0.29) is 28.6 Å². The second-order valence-electron chi connectivity index (χ2n) is 11.9. The summed E-state index contributed by atoms with van der Waals surface area (Å²) in [5.74, 6) is -3.00. The number of aliphatic hydroxyl groups excluding tert-OH is 4. The molecule has 1 aliphatic carbocycles. The van der Waals surface area contributed by atoms with Crippen molar-refractivity contribution in [1.82, 2.24) is 0 Å². The summed E-state index contributed by atoms with van der Waals surface area (Å²) in [6.45, 7) is -0.643. The second kappa shape index (κ2) is 14.7. The van der Waals surface area contributed by atoms with Crippen molar-refractivity contribution in [1.29, 1.82) is 0 Å². The van der Waals surface area contributed by atoms with Gasteiger partial charge in [0, 0.05) is 11.1 Å². The lowest BCUT2D eigenvalue weighted by molar-refractivity contribution is -0.277. The van der Waals surface area contributed by atoms with E-state index >= 15 is 0 Å². The molecule has 8 N–H and O–H groups in total. The number of rotatable bonds is 7. The zero-order valence-corrected chi connectivity index (χ0v) is 26.4. The van der Waals surface area contributed by atoms with Crippen LogP contribution in [0.3, 0.4) is 0 Å². The van der Waals surface area contributed by atoms with Crippen molar-refractivity contribution in [3.05, 3.63) is 53.1 Å². The molecule has 0 unspecified atom stereocenters. The van der Waals surface area contributed by atoms with Crippen LogP contribution in [0.1, 0.15) is 47.2 Å². The molecule has 0 saturated carbocycles. The molecule has 260 valence electrons. The number of hydrogen-bond acceptors (Lipinski definition) is 14. The van der Waals surface area contributed by atoms with Gasteiger partial charge in [0.1, 0.15) is 36.8 Å². The van der Waals surface area contributed by atoms with Gasteiger partial charge in [0.05, 0.1) is 25.9 Å². The van der Waals surface area contributed by atoms with Crippen LogP contribution in [-0.4, -0.2) is 104 Å². The van der Waals surface area contributed by atoms with Crippen LogP contribution in [0.15, 0.2) is 36.4 Å². The van der Waals surface area contributed by atoms with Gasteiger partial charge in [-0.3, -0.25) is 0 Å². The maximum absolute atomic E-state index is 12.6. The molecule has 1 aliphatic heterocycles. The molecule has 0 amide bonds. The van der Waals surface area contributed by atoms with Gasteiger partial charge >= 0.3 is 5.97 Å². The molecule has 3 aromatic carbocycles. The van der Waals surface area contributed by atoms with E-state index in [9.17, 15) is 45.6 Å². The molecule has 5 rings (SSSR count). The fourth-order valence-corrected chi connectivity index (χ4v) is 5.94. The Kier molecular flexibility index (Phi) is 10.7. The second-order valence-corrected chi connectivity index (χ2v) is 11.9. The summed E-state index contributed by atoms with van der Waals surface area (Å²) in [6, 6.07) is 8.69. The number of phenolic OH excluding ortho intramolecular Hbond substituents is 4. The molecule has 2 aliphatic rings. The third kappa shape index (κ3) is 7.17. The number of aryl methyl sites for hydroxylation is 2. The summed E-state index contributed by atoms with van der Waals surface area (Å²) in [5.41, 5.74) is 2.14. The quantitative estimate of drug-likeness (QED) is 0.133. The average molecular weight is 673 g/mol. The molecule has 0 aromatic heterocycles. The lowest BCUT2D eigenvalue weighted by atomic mass is 9.95. The van der Waals surface area contributed by atoms with Crippen molar-refractivity contribution in [3.8, 4) is 51.4 Å². The fraction of sp³-hybridized carbons (Fsp3) is 0.441. The summed E-state index contributed by atoms with van der Waals surface area (Å²) < 4.78 is 28.7. The van der Waals surface area contributed by atoms with Gasteiger partial charge in [-0.2, -0.15) is 0 Å². The lowest BCUT2D eigenvalue weighted by Gasteiger charge is -2.40. The molecule has 0 radical (unpaired) electrons. The van der Waals surface area contributed by atoms with Crippen LogP contribution >= 0.6 is 0 Å². The first-order chi connectivity index (χ1) is 22.9. The van der Waals surface area contributed by atoms with Crippen LogP contribution in [0.25, 0.3) is 11.1 Å². The Balaban J connectivity index is 1.47. The number of hydrogen-bond donors (Lipinski definition) is 8. The van der Waals surface area contributed by atoms with Crippen molar-refractivity contribution in [2.24, 2.45) is 0 Å². The molecular weight excluding hydrogens is 632 g/mol. The van der Waals surface area contributed by atoms with Crippen molar-refractivity contribution >= 4 is 5.97 Å². The highest BCUT2D eigenvalue weighted by molar-refractivity contribution is 5.91. The van der Waals surface area contributed by atoms with Gasteiger partial charge in [0.15, 0.2) is 28.7 Å². The van der Waals surface area contributed by atoms with Gasteiger partial charge in [-0.25, -0.2) is 4.79 Å². The number of phenols is 4. The summed E-state index contributed by atoms with van der Waals surface area (Å²) >= 11 is 0. The highest BCUT2D eigenvalue weighted by Gasteiger charge is 2.46. The molecule has 14 heteroatoms. The van der Waals surface area contributed by atoms with Gasteiger partial charge in [-0.05, 0) is 73.6 Å². The van der Waals surface area contributed by atoms with E-state index in [4.69, 9.17) is 23.7 Å². The van der Waals surface area contributed by atoms with Crippen LogP contribution in [-0.2, 0) is 22.3 Å². The van der Waals surface area contributed by atoms with Gasteiger partial charge in [0.25, 0.3) is 0 Å². The Morgan fingerprint density at radius 3 is 2.17 bits per heavy atom. The minimum absolute atomic E-state index is 0.00703. The monoisotopic (exact) mass is 672 g/mol. The molecule has 1 heterocycles. The molecule has 14 nitrogen and oxygen atoms in total. The van der Waals surface area contributed by atoms with E-state index in [1.54, 1.807) is 18.2 Å². The summed E-state index contributed by atoms with van der Waals surface area (Å²) in [4.78, 5) is 12.6. The first-order valence-corrected chi connectivity index (χ1v) is 15.5. The minimum atomic E-state index is -1.80. The van der Waals surface area contributed by atoms with Gasteiger partial charge in [-0.1, -0.05) is 12.5 Å². The predicted octanol–water partition coefficient (Wildman–Crippen LogP) is 2.26. The number of carbonyl (C=O) groups is 1. The zero-order valence-electron chi connectivity index (χ0n) is 26.4. The Morgan fingerprint density at radius 2 is 1.48 bits per heavy atom.